The summed E-state index contributed by atoms with van der Waals surface area (Å²) in [6.07, 6.45) is 1.18. The van der Waals surface area contributed by atoms with E-state index in [9.17, 15) is 8.78 Å². The number of benzene rings is 1. The van der Waals surface area contributed by atoms with E-state index in [0.717, 1.165) is 6.07 Å². The number of rotatable bonds is 5. The fourth-order valence-electron chi connectivity index (χ4n) is 1.86. The summed E-state index contributed by atoms with van der Waals surface area (Å²) < 4.78 is 26.1. The van der Waals surface area contributed by atoms with Gasteiger partial charge in [-0.1, -0.05) is 6.92 Å². The van der Waals surface area contributed by atoms with Gasteiger partial charge in [-0.25, -0.2) is 18.7 Å². The maximum absolute atomic E-state index is 13.0. The fraction of sp³-hybridized carbons (Fsp3) is 0.286. The summed E-state index contributed by atoms with van der Waals surface area (Å²) in [5.41, 5.74) is 6.26. The smallest absolute Gasteiger partial charge is 0.132 e. The third-order valence-electron chi connectivity index (χ3n) is 2.75. The van der Waals surface area contributed by atoms with Gasteiger partial charge in [-0.3, -0.25) is 0 Å². The van der Waals surface area contributed by atoms with Gasteiger partial charge in [0.2, 0.25) is 0 Å². The molecule has 0 saturated carbocycles. The van der Waals surface area contributed by atoms with Crippen LogP contribution in [0.1, 0.15) is 18.3 Å². The molecule has 1 heterocycles. The number of nitrogens with one attached hydrogen (secondary N) is 1. The average molecular weight is 278 g/mol. The molecule has 0 aliphatic carbocycles. The molecule has 106 valence electrons. The topological polar surface area (TPSA) is 63.8 Å². The van der Waals surface area contributed by atoms with E-state index in [4.69, 9.17) is 5.73 Å². The summed E-state index contributed by atoms with van der Waals surface area (Å²) >= 11 is 0. The van der Waals surface area contributed by atoms with Crippen LogP contribution in [0.25, 0.3) is 0 Å². The van der Waals surface area contributed by atoms with Crippen molar-refractivity contribution in [3.8, 4) is 0 Å². The Balaban J connectivity index is 1.97. The third-order valence-corrected chi connectivity index (χ3v) is 2.75. The molecule has 1 aromatic carbocycles. The second kappa shape index (κ2) is 6.27. The Labute approximate surface area is 116 Å². The first-order chi connectivity index (χ1) is 9.56. The van der Waals surface area contributed by atoms with E-state index in [-0.39, 0.29) is 0 Å². The van der Waals surface area contributed by atoms with Crippen molar-refractivity contribution in [1.29, 1.82) is 0 Å². The zero-order chi connectivity index (χ0) is 14.5. The molecule has 6 heteroatoms. The molecule has 0 radical (unpaired) electrons. The number of aryl methyl sites for hydroxylation is 1. The van der Waals surface area contributed by atoms with Crippen molar-refractivity contribution in [2.24, 2.45) is 0 Å². The summed E-state index contributed by atoms with van der Waals surface area (Å²) in [6.45, 7) is 2.44. The highest BCUT2D eigenvalue weighted by molar-refractivity contribution is 5.44. The molecule has 2 aromatic rings. The molecule has 0 bridgehead atoms. The molecule has 0 amide bonds. The number of hydrogen-bond acceptors (Lipinski definition) is 4. The zero-order valence-corrected chi connectivity index (χ0v) is 11.2. The highest BCUT2D eigenvalue weighted by atomic mass is 19.1. The fourth-order valence-corrected chi connectivity index (χ4v) is 1.86. The Bertz CT molecular complexity index is 581. The van der Waals surface area contributed by atoms with E-state index in [1.807, 2.05) is 6.92 Å². The van der Waals surface area contributed by atoms with Gasteiger partial charge in [0.15, 0.2) is 0 Å². The van der Waals surface area contributed by atoms with Gasteiger partial charge < -0.3 is 11.1 Å². The van der Waals surface area contributed by atoms with Gasteiger partial charge >= 0.3 is 0 Å². The first-order valence-electron chi connectivity index (χ1n) is 6.39. The molecule has 0 unspecified atom stereocenters. The van der Waals surface area contributed by atoms with Gasteiger partial charge in [0.1, 0.15) is 29.1 Å². The Morgan fingerprint density at radius 1 is 1.10 bits per heavy atom. The van der Waals surface area contributed by atoms with E-state index in [1.165, 1.54) is 12.1 Å². The largest absolute Gasteiger partial charge is 0.384 e. The van der Waals surface area contributed by atoms with Crippen LogP contribution in [0.5, 0.6) is 0 Å². The lowest BCUT2D eigenvalue weighted by Gasteiger charge is -2.08. The molecule has 4 nitrogen and oxygen atoms in total. The van der Waals surface area contributed by atoms with E-state index < -0.39 is 11.6 Å². The van der Waals surface area contributed by atoms with Gasteiger partial charge in [0.05, 0.1) is 0 Å². The summed E-state index contributed by atoms with van der Waals surface area (Å²) in [4.78, 5) is 8.34. The highest BCUT2D eigenvalue weighted by Crippen LogP contribution is 2.11. The SMILES string of the molecule is CCc1nc(N)cc(NCCc2cc(F)cc(F)c2)n1. The molecule has 0 aliphatic rings. The summed E-state index contributed by atoms with van der Waals surface area (Å²) in [5.74, 6) is 0.533. The van der Waals surface area contributed by atoms with Crippen molar-refractivity contribution < 1.29 is 8.78 Å². The second-order valence-electron chi connectivity index (χ2n) is 4.40. The quantitative estimate of drug-likeness (QED) is 0.882. The number of nitrogen functional groups attached to an aromatic ring is 1. The maximum atomic E-state index is 13.0. The van der Waals surface area contributed by atoms with Crippen LogP contribution in [-0.4, -0.2) is 16.5 Å². The number of nitrogens with two attached hydrogens (primary N) is 1. The van der Waals surface area contributed by atoms with Crippen molar-refractivity contribution in [2.45, 2.75) is 19.8 Å². The molecule has 0 fully saturated rings. The summed E-state index contributed by atoms with van der Waals surface area (Å²) in [6, 6.07) is 5.12. The van der Waals surface area contributed by atoms with E-state index in [2.05, 4.69) is 15.3 Å². The molecular weight excluding hydrogens is 262 g/mol. The van der Waals surface area contributed by atoms with Crippen LogP contribution in [0, 0.1) is 11.6 Å². The van der Waals surface area contributed by atoms with Gasteiger partial charge in [0, 0.05) is 25.1 Å². The van der Waals surface area contributed by atoms with Crippen molar-refractivity contribution in [3.63, 3.8) is 0 Å². The van der Waals surface area contributed by atoms with Crippen molar-refractivity contribution in [3.05, 3.63) is 47.3 Å². The van der Waals surface area contributed by atoms with E-state index >= 15 is 0 Å². The second-order valence-corrected chi connectivity index (χ2v) is 4.40. The Morgan fingerprint density at radius 3 is 2.45 bits per heavy atom. The molecule has 3 N–H and O–H groups in total. The Morgan fingerprint density at radius 2 is 1.80 bits per heavy atom. The van der Waals surface area contributed by atoms with Crippen LogP contribution in [0.15, 0.2) is 24.3 Å². The highest BCUT2D eigenvalue weighted by Gasteiger charge is 2.03. The normalized spacial score (nSPS) is 10.6. The monoisotopic (exact) mass is 278 g/mol. The number of aromatic nitrogens is 2. The molecule has 0 spiro atoms. The molecule has 1 aromatic heterocycles. The average Bonchev–Trinajstić information content (AvgIpc) is 2.37. The Hall–Kier alpha value is -2.24. The van der Waals surface area contributed by atoms with Gasteiger partial charge in [0.25, 0.3) is 0 Å². The third kappa shape index (κ3) is 3.88. The van der Waals surface area contributed by atoms with Crippen LogP contribution in [-0.2, 0) is 12.8 Å². The minimum Gasteiger partial charge on any atom is -0.384 e. The predicted molar refractivity (Wildman–Crippen MR) is 74.4 cm³/mol. The summed E-state index contributed by atoms with van der Waals surface area (Å²) in [5, 5.41) is 3.07. The molecule has 20 heavy (non-hydrogen) atoms. The predicted octanol–water partition coefficient (Wildman–Crippen LogP) is 2.55. The van der Waals surface area contributed by atoms with Crippen LogP contribution in [0.2, 0.25) is 0 Å². The van der Waals surface area contributed by atoms with Crippen molar-refractivity contribution >= 4 is 11.6 Å². The lowest BCUT2D eigenvalue weighted by atomic mass is 10.1. The van der Waals surface area contributed by atoms with Crippen LogP contribution >= 0.6 is 0 Å². The molecule has 0 atom stereocenters. The molecule has 0 saturated heterocycles. The van der Waals surface area contributed by atoms with Crippen molar-refractivity contribution in [1.82, 2.24) is 9.97 Å². The van der Waals surface area contributed by atoms with E-state index in [1.54, 1.807) is 6.07 Å². The number of hydrogen-bond donors (Lipinski definition) is 2. The minimum atomic E-state index is -0.570. The number of halogens is 2. The lowest BCUT2D eigenvalue weighted by molar-refractivity contribution is 0.580. The van der Waals surface area contributed by atoms with Crippen LogP contribution in [0.4, 0.5) is 20.4 Å². The lowest BCUT2D eigenvalue weighted by Crippen LogP contribution is -2.09. The first-order valence-corrected chi connectivity index (χ1v) is 6.39. The first kappa shape index (κ1) is 14.2. The minimum absolute atomic E-state index is 0.399. The summed E-state index contributed by atoms with van der Waals surface area (Å²) in [7, 11) is 0. The van der Waals surface area contributed by atoms with E-state index in [0.29, 0.717) is 42.4 Å². The number of nitrogens with zero attached hydrogens (tertiary/aromatic N) is 2. The van der Waals surface area contributed by atoms with Crippen molar-refractivity contribution in [2.75, 3.05) is 17.6 Å². The Kier molecular flexibility index (Phi) is 4.45. The molecule has 2 rings (SSSR count). The van der Waals surface area contributed by atoms with Gasteiger partial charge in [-0.15, -0.1) is 0 Å². The van der Waals surface area contributed by atoms with Crippen LogP contribution < -0.4 is 11.1 Å². The standard InChI is InChI=1S/C14H16F2N4/c1-2-13-19-12(17)8-14(20-13)18-4-3-9-5-10(15)7-11(16)6-9/h5-8H,2-4H2,1H3,(H3,17,18,19,20). The molecule has 0 aliphatic heterocycles. The van der Waals surface area contributed by atoms with Crippen LogP contribution in [0.3, 0.4) is 0 Å². The van der Waals surface area contributed by atoms with Gasteiger partial charge in [-0.05, 0) is 24.1 Å². The maximum Gasteiger partial charge on any atom is 0.132 e. The zero-order valence-electron chi connectivity index (χ0n) is 11.2. The van der Waals surface area contributed by atoms with Gasteiger partial charge in [-0.2, -0.15) is 0 Å². The molecular formula is C14H16F2N4. The number of anilines is 2.